The SMILES string of the molecule is C[C@H](NC(=O)c1cnn(-c2ccccc2)c1)c1ccccn1. The van der Waals surface area contributed by atoms with Crippen molar-refractivity contribution < 1.29 is 4.79 Å². The highest BCUT2D eigenvalue weighted by molar-refractivity contribution is 5.94. The average Bonchev–Trinajstić information content (AvgIpc) is 3.06. The number of rotatable bonds is 4. The predicted octanol–water partition coefficient (Wildman–Crippen LogP) is 2.76. The van der Waals surface area contributed by atoms with Gasteiger partial charge in [0.15, 0.2) is 0 Å². The van der Waals surface area contributed by atoms with E-state index < -0.39 is 0 Å². The minimum atomic E-state index is -0.166. The van der Waals surface area contributed by atoms with Crippen LogP contribution >= 0.6 is 0 Å². The van der Waals surface area contributed by atoms with Gasteiger partial charge in [0, 0.05) is 12.4 Å². The van der Waals surface area contributed by atoms with Crippen LogP contribution < -0.4 is 5.32 Å². The van der Waals surface area contributed by atoms with E-state index in [-0.39, 0.29) is 11.9 Å². The molecule has 1 N–H and O–H groups in total. The lowest BCUT2D eigenvalue weighted by Gasteiger charge is -2.12. The molecule has 5 nitrogen and oxygen atoms in total. The molecule has 1 atom stereocenters. The van der Waals surface area contributed by atoms with Gasteiger partial charge in [-0.25, -0.2) is 4.68 Å². The summed E-state index contributed by atoms with van der Waals surface area (Å²) >= 11 is 0. The van der Waals surface area contributed by atoms with Crippen LogP contribution in [-0.2, 0) is 0 Å². The minimum absolute atomic E-state index is 0.159. The van der Waals surface area contributed by atoms with Crippen molar-refractivity contribution in [2.45, 2.75) is 13.0 Å². The van der Waals surface area contributed by atoms with Gasteiger partial charge >= 0.3 is 0 Å². The fourth-order valence-corrected chi connectivity index (χ4v) is 2.15. The monoisotopic (exact) mass is 292 g/mol. The van der Waals surface area contributed by atoms with Crippen LogP contribution in [0.4, 0.5) is 0 Å². The van der Waals surface area contributed by atoms with E-state index in [1.54, 1.807) is 23.3 Å². The molecule has 0 spiro atoms. The molecule has 0 aliphatic heterocycles. The summed E-state index contributed by atoms with van der Waals surface area (Å²) in [7, 11) is 0. The smallest absolute Gasteiger partial charge is 0.255 e. The Kier molecular flexibility index (Phi) is 3.96. The molecule has 3 rings (SSSR count). The van der Waals surface area contributed by atoms with Crippen molar-refractivity contribution in [2.24, 2.45) is 0 Å². The Labute approximate surface area is 128 Å². The summed E-state index contributed by atoms with van der Waals surface area (Å²) in [6.07, 6.45) is 4.99. The second-order valence-electron chi connectivity index (χ2n) is 4.96. The van der Waals surface area contributed by atoms with Crippen molar-refractivity contribution in [1.82, 2.24) is 20.1 Å². The Balaban J connectivity index is 1.72. The first-order valence-electron chi connectivity index (χ1n) is 7.06. The lowest BCUT2D eigenvalue weighted by atomic mass is 10.2. The molecule has 5 heteroatoms. The normalized spacial score (nSPS) is 11.9. The quantitative estimate of drug-likeness (QED) is 0.804. The molecular weight excluding hydrogens is 276 g/mol. The molecule has 0 bridgehead atoms. The van der Waals surface area contributed by atoms with Gasteiger partial charge in [0.25, 0.3) is 5.91 Å². The fraction of sp³-hybridized carbons (Fsp3) is 0.118. The molecule has 3 aromatic rings. The molecular formula is C17H16N4O. The number of nitrogens with zero attached hydrogens (tertiary/aromatic N) is 3. The first kappa shape index (κ1) is 14.0. The number of hydrogen-bond donors (Lipinski definition) is 1. The molecule has 0 aliphatic rings. The van der Waals surface area contributed by atoms with Gasteiger partial charge in [-0.15, -0.1) is 0 Å². The standard InChI is InChI=1S/C17H16N4O/c1-13(16-9-5-6-10-18-16)20-17(22)14-11-19-21(12-14)15-7-3-2-4-8-15/h2-13H,1H3,(H,20,22)/t13-/m0/s1. The van der Waals surface area contributed by atoms with Crippen molar-refractivity contribution in [3.05, 3.63) is 78.4 Å². The molecule has 0 fully saturated rings. The number of aromatic nitrogens is 3. The predicted molar refractivity (Wildman–Crippen MR) is 83.7 cm³/mol. The van der Waals surface area contributed by atoms with Gasteiger partial charge in [-0.3, -0.25) is 9.78 Å². The summed E-state index contributed by atoms with van der Waals surface area (Å²) in [4.78, 5) is 16.5. The molecule has 22 heavy (non-hydrogen) atoms. The maximum absolute atomic E-state index is 12.3. The van der Waals surface area contributed by atoms with Crippen LogP contribution in [-0.4, -0.2) is 20.7 Å². The Bertz CT molecular complexity index is 753. The van der Waals surface area contributed by atoms with E-state index in [4.69, 9.17) is 0 Å². The fourth-order valence-electron chi connectivity index (χ4n) is 2.15. The van der Waals surface area contributed by atoms with Gasteiger partial charge in [0.1, 0.15) is 0 Å². The first-order valence-corrected chi connectivity index (χ1v) is 7.06. The van der Waals surface area contributed by atoms with Crippen molar-refractivity contribution in [3.63, 3.8) is 0 Å². The van der Waals surface area contributed by atoms with E-state index in [0.717, 1.165) is 11.4 Å². The van der Waals surface area contributed by atoms with Crippen molar-refractivity contribution in [2.75, 3.05) is 0 Å². The zero-order valence-corrected chi connectivity index (χ0v) is 12.2. The third kappa shape index (κ3) is 3.03. The number of benzene rings is 1. The van der Waals surface area contributed by atoms with Gasteiger partial charge in [-0.05, 0) is 31.2 Å². The van der Waals surface area contributed by atoms with Crippen LogP contribution in [0.25, 0.3) is 5.69 Å². The number of amides is 1. The van der Waals surface area contributed by atoms with E-state index in [0.29, 0.717) is 5.56 Å². The summed E-state index contributed by atoms with van der Waals surface area (Å²) in [5.74, 6) is -0.166. The highest BCUT2D eigenvalue weighted by Crippen LogP contribution is 2.11. The lowest BCUT2D eigenvalue weighted by Crippen LogP contribution is -2.26. The summed E-state index contributed by atoms with van der Waals surface area (Å²) < 4.78 is 1.68. The molecule has 0 saturated carbocycles. The molecule has 1 aromatic carbocycles. The number of carbonyl (C=O) groups is 1. The zero-order valence-electron chi connectivity index (χ0n) is 12.2. The molecule has 0 saturated heterocycles. The van der Waals surface area contributed by atoms with E-state index in [2.05, 4.69) is 15.4 Å². The van der Waals surface area contributed by atoms with E-state index in [1.807, 2.05) is 55.5 Å². The third-order valence-electron chi connectivity index (χ3n) is 3.34. The maximum Gasteiger partial charge on any atom is 0.255 e. The molecule has 0 unspecified atom stereocenters. The van der Waals surface area contributed by atoms with Crippen LogP contribution in [0.3, 0.4) is 0 Å². The summed E-state index contributed by atoms with van der Waals surface area (Å²) in [6, 6.07) is 15.2. The third-order valence-corrected chi connectivity index (χ3v) is 3.34. The number of hydrogen-bond acceptors (Lipinski definition) is 3. The zero-order chi connectivity index (χ0) is 15.4. The minimum Gasteiger partial charge on any atom is -0.344 e. The van der Waals surface area contributed by atoms with E-state index >= 15 is 0 Å². The van der Waals surface area contributed by atoms with Gasteiger partial charge in [0.05, 0.1) is 29.2 Å². The Hall–Kier alpha value is -2.95. The molecule has 0 radical (unpaired) electrons. The Morgan fingerprint density at radius 1 is 1.14 bits per heavy atom. The maximum atomic E-state index is 12.3. The van der Waals surface area contributed by atoms with Crippen LogP contribution in [0.1, 0.15) is 29.0 Å². The highest BCUT2D eigenvalue weighted by Gasteiger charge is 2.14. The number of carbonyl (C=O) groups excluding carboxylic acids is 1. The topological polar surface area (TPSA) is 59.8 Å². The van der Waals surface area contributed by atoms with Gasteiger partial charge in [0.2, 0.25) is 0 Å². The molecule has 2 heterocycles. The van der Waals surface area contributed by atoms with Crippen LogP contribution in [0, 0.1) is 0 Å². The Morgan fingerprint density at radius 2 is 1.91 bits per heavy atom. The van der Waals surface area contributed by atoms with Crippen LogP contribution in [0.15, 0.2) is 67.1 Å². The number of nitrogens with one attached hydrogen (secondary N) is 1. The van der Waals surface area contributed by atoms with Gasteiger partial charge in [-0.1, -0.05) is 24.3 Å². The first-order chi connectivity index (χ1) is 10.7. The van der Waals surface area contributed by atoms with Crippen molar-refractivity contribution in [1.29, 1.82) is 0 Å². The van der Waals surface area contributed by atoms with E-state index in [9.17, 15) is 4.79 Å². The van der Waals surface area contributed by atoms with Crippen molar-refractivity contribution >= 4 is 5.91 Å². The van der Waals surface area contributed by atoms with Gasteiger partial charge in [-0.2, -0.15) is 5.10 Å². The largest absolute Gasteiger partial charge is 0.344 e. The summed E-state index contributed by atoms with van der Waals surface area (Å²) in [5.41, 5.74) is 2.26. The lowest BCUT2D eigenvalue weighted by molar-refractivity contribution is 0.0939. The molecule has 110 valence electrons. The molecule has 2 aromatic heterocycles. The second-order valence-corrected chi connectivity index (χ2v) is 4.96. The van der Waals surface area contributed by atoms with Crippen molar-refractivity contribution in [3.8, 4) is 5.69 Å². The van der Waals surface area contributed by atoms with Gasteiger partial charge < -0.3 is 5.32 Å². The molecule has 1 amide bonds. The summed E-state index contributed by atoms with van der Waals surface area (Å²) in [6.45, 7) is 1.90. The highest BCUT2D eigenvalue weighted by atomic mass is 16.1. The van der Waals surface area contributed by atoms with Crippen LogP contribution in [0.5, 0.6) is 0 Å². The second kappa shape index (κ2) is 6.22. The van der Waals surface area contributed by atoms with E-state index in [1.165, 1.54) is 0 Å². The number of para-hydroxylation sites is 1. The summed E-state index contributed by atoms with van der Waals surface area (Å²) in [5, 5.41) is 7.15. The molecule has 0 aliphatic carbocycles. The van der Waals surface area contributed by atoms with Crippen LogP contribution in [0.2, 0.25) is 0 Å². The Morgan fingerprint density at radius 3 is 2.64 bits per heavy atom. The average molecular weight is 292 g/mol. The number of pyridine rings is 1.